The standard InChI is InChI=1S/C30H52O3/c1-19(8-11-24(32)26(4,5)33)20-12-14-28(7)22-10-9-21-25(2,3)23(31)13-15-29(21)18-30(22,29)17-16-27(20,28)6/h19-24,31-33H,8-18H2,1-7H3/t19-,20-,21?,22+,23+,24-,27-,28+,29-,30?/m1/s1. The van der Waals surface area contributed by atoms with E-state index in [2.05, 4.69) is 34.6 Å². The van der Waals surface area contributed by atoms with E-state index in [9.17, 15) is 15.3 Å². The van der Waals surface area contributed by atoms with E-state index in [-0.39, 0.29) is 11.5 Å². The molecule has 3 heteroatoms. The monoisotopic (exact) mass is 460 g/mol. The van der Waals surface area contributed by atoms with Crippen LogP contribution in [-0.4, -0.2) is 33.1 Å². The molecule has 5 aliphatic rings. The van der Waals surface area contributed by atoms with Gasteiger partial charge in [-0.3, -0.25) is 0 Å². The van der Waals surface area contributed by atoms with Crippen LogP contribution in [0.5, 0.6) is 0 Å². The second-order valence-electron chi connectivity index (χ2n) is 15.3. The number of aliphatic hydroxyl groups excluding tert-OH is 2. The third-order valence-corrected chi connectivity index (χ3v) is 13.6. The molecule has 0 aliphatic heterocycles. The number of aliphatic hydroxyl groups is 3. The summed E-state index contributed by atoms with van der Waals surface area (Å²) < 4.78 is 0. The Balaban J connectivity index is 1.37. The Morgan fingerprint density at radius 1 is 0.818 bits per heavy atom. The van der Waals surface area contributed by atoms with Crippen molar-refractivity contribution in [2.75, 3.05) is 0 Å². The largest absolute Gasteiger partial charge is 0.393 e. The molecule has 5 fully saturated rings. The topological polar surface area (TPSA) is 60.7 Å². The normalized spacial score (nSPS) is 52.2. The van der Waals surface area contributed by atoms with Gasteiger partial charge in [-0.15, -0.1) is 0 Å². The highest BCUT2D eigenvalue weighted by molar-refractivity contribution is 5.30. The molecular formula is C30H52O3. The summed E-state index contributed by atoms with van der Waals surface area (Å²) in [4.78, 5) is 0. The van der Waals surface area contributed by atoms with E-state index >= 15 is 0 Å². The molecular weight excluding hydrogens is 408 g/mol. The van der Waals surface area contributed by atoms with Crippen molar-refractivity contribution >= 4 is 0 Å². The molecule has 2 unspecified atom stereocenters. The van der Waals surface area contributed by atoms with Crippen LogP contribution in [0.1, 0.15) is 119 Å². The molecule has 0 bridgehead atoms. The highest BCUT2D eigenvalue weighted by atomic mass is 16.3. The van der Waals surface area contributed by atoms with Crippen LogP contribution in [-0.2, 0) is 0 Å². The summed E-state index contributed by atoms with van der Waals surface area (Å²) in [6, 6.07) is 0. The van der Waals surface area contributed by atoms with Crippen molar-refractivity contribution in [1.82, 2.24) is 0 Å². The Morgan fingerprint density at radius 2 is 1.45 bits per heavy atom. The summed E-state index contributed by atoms with van der Waals surface area (Å²) in [5, 5.41) is 31.5. The zero-order chi connectivity index (χ0) is 24.2. The second-order valence-corrected chi connectivity index (χ2v) is 15.3. The molecule has 0 aromatic carbocycles. The molecule has 0 amide bonds. The van der Waals surface area contributed by atoms with Crippen LogP contribution in [0.4, 0.5) is 0 Å². The maximum atomic E-state index is 10.8. The molecule has 5 saturated carbocycles. The van der Waals surface area contributed by atoms with E-state index in [1.807, 2.05) is 0 Å². The molecule has 190 valence electrons. The summed E-state index contributed by atoms with van der Waals surface area (Å²) in [7, 11) is 0. The zero-order valence-electron chi connectivity index (χ0n) is 22.6. The quantitative estimate of drug-likeness (QED) is 0.449. The van der Waals surface area contributed by atoms with Crippen LogP contribution in [0.3, 0.4) is 0 Å². The lowest BCUT2D eigenvalue weighted by molar-refractivity contribution is -0.161. The Hall–Kier alpha value is -0.120. The van der Waals surface area contributed by atoms with Crippen molar-refractivity contribution in [2.45, 2.75) is 137 Å². The summed E-state index contributed by atoms with van der Waals surface area (Å²) in [6.45, 7) is 15.9. The highest BCUT2D eigenvalue weighted by Gasteiger charge is 2.82. The van der Waals surface area contributed by atoms with Crippen LogP contribution in [0, 0.1) is 50.7 Å². The van der Waals surface area contributed by atoms with Crippen molar-refractivity contribution in [1.29, 1.82) is 0 Å². The molecule has 0 saturated heterocycles. The molecule has 2 spiro atoms. The van der Waals surface area contributed by atoms with Crippen molar-refractivity contribution in [3.05, 3.63) is 0 Å². The van der Waals surface area contributed by atoms with E-state index in [1.54, 1.807) is 13.8 Å². The van der Waals surface area contributed by atoms with Gasteiger partial charge in [-0.2, -0.15) is 0 Å². The lowest BCUT2D eigenvalue weighted by atomic mass is 9.41. The van der Waals surface area contributed by atoms with Gasteiger partial charge in [0.25, 0.3) is 0 Å². The van der Waals surface area contributed by atoms with Crippen molar-refractivity contribution in [3.8, 4) is 0 Å². The molecule has 10 atom stereocenters. The first-order valence-electron chi connectivity index (χ1n) is 14.2. The first kappa shape index (κ1) is 24.6. The van der Waals surface area contributed by atoms with Crippen LogP contribution in [0.25, 0.3) is 0 Å². The van der Waals surface area contributed by atoms with E-state index in [0.29, 0.717) is 39.9 Å². The molecule has 0 heterocycles. The predicted octanol–water partition coefficient (Wildman–Crippen LogP) is 6.33. The second kappa shape index (κ2) is 7.22. The van der Waals surface area contributed by atoms with E-state index in [4.69, 9.17) is 0 Å². The average molecular weight is 461 g/mol. The summed E-state index contributed by atoms with van der Waals surface area (Å²) in [6.07, 6.45) is 12.8. The number of rotatable bonds is 5. The third-order valence-electron chi connectivity index (χ3n) is 13.6. The zero-order valence-corrected chi connectivity index (χ0v) is 22.6. The maximum Gasteiger partial charge on any atom is 0.0849 e. The first-order valence-corrected chi connectivity index (χ1v) is 14.2. The molecule has 0 radical (unpaired) electrons. The lowest BCUT2D eigenvalue weighted by Crippen LogP contribution is -2.57. The molecule has 0 aromatic rings. The van der Waals surface area contributed by atoms with Gasteiger partial charge in [-0.25, -0.2) is 0 Å². The highest BCUT2D eigenvalue weighted by Crippen LogP contribution is 2.89. The summed E-state index contributed by atoms with van der Waals surface area (Å²) in [5.74, 6) is 2.88. The lowest BCUT2D eigenvalue weighted by Gasteiger charge is -2.63. The summed E-state index contributed by atoms with van der Waals surface area (Å²) in [5.41, 5.74) is 0.949. The molecule has 3 N–H and O–H groups in total. The van der Waals surface area contributed by atoms with Gasteiger partial charge in [0, 0.05) is 0 Å². The fraction of sp³-hybridized carbons (Fsp3) is 1.00. The maximum absolute atomic E-state index is 10.8. The smallest absolute Gasteiger partial charge is 0.0849 e. The van der Waals surface area contributed by atoms with Crippen LogP contribution < -0.4 is 0 Å². The minimum atomic E-state index is -1.01. The molecule has 5 rings (SSSR count). The number of hydrogen-bond donors (Lipinski definition) is 3. The van der Waals surface area contributed by atoms with E-state index in [0.717, 1.165) is 24.7 Å². The minimum absolute atomic E-state index is 0.0718. The van der Waals surface area contributed by atoms with Gasteiger partial charge in [-0.05, 0) is 135 Å². The number of fused-ring (bicyclic) bond motifs is 2. The predicted molar refractivity (Wildman–Crippen MR) is 134 cm³/mol. The van der Waals surface area contributed by atoms with Gasteiger partial charge in [0.2, 0.25) is 0 Å². The van der Waals surface area contributed by atoms with Gasteiger partial charge >= 0.3 is 0 Å². The van der Waals surface area contributed by atoms with Crippen molar-refractivity contribution in [3.63, 3.8) is 0 Å². The fourth-order valence-corrected chi connectivity index (χ4v) is 11.3. The number of hydrogen-bond acceptors (Lipinski definition) is 3. The van der Waals surface area contributed by atoms with Gasteiger partial charge < -0.3 is 15.3 Å². The Kier molecular flexibility index (Phi) is 5.38. The van der Waals surface area contributed by atoms with Gasteiger partial charge in [-0.1, -0.05) is 34.6 Å². The Morgan fingerprint density at radius 3 is 2.12 bits per heavy atom. The SMILES string of the molecule is C[C@H](CC[C@@H](O)C(C)(C)O)[C@H]1CC[C@@]2(C)[C@@H]3CCC4C(C)(C)[C@@H](O)CC[C@@]45CC35CC[C@]12C. The minimum Gasteiger partial charge on any atom is -0.393 e. The Labute approximate surface area is 203 Å². The van der Waals surface area contributed by atoms with Crippen LogP contribution >= 0.6 is 0 Å². The van der Waals surface area contributed by atoms with E-state index in [1.165, 1.54) is 51.4 Å². The summed E-state index contributed by atoms with van der Waals surface area (Å²) >= 11 is 0. The molecule has 0 aromatic heterocycles. The molecule has 3 nitrogen and oxygen atoms in total. The van der Waals surface area contributed by atoms with Crippen molar-refractivity contribution in [2.24, 2.45) is 50.7 Å². The van der Waals surface area contributed by atoms with Gasteiger partial charge in [0.05, 0.1) is 17.8 Å². The van der Waals surface area contributed by atoms with Crippen molar-refractivity contribution < 1.29 is 15.3 Å². The average Bonchev–Trinajstić information content (AvgIpc) is 3.31. The molecule has 33 heavy (non-hydrogen) atoms. The first-order chi connectivity index (χ1) is 15.2. The van der Waals surface area contributed by atoms with Crippen LogP contribution in [0.15, 0.2) is 0 Å². The third kappa shape index (κ3) is 3.03. The van der Waals surface area contributed by atoms with Gasteiger partial charge in [0.1, 0.15) is 0 Å². The Bertz CT molecular complexity index is 784. The van der Waals surface area contributed by atoms with E-state index < -0.39 is 11.7 Å². The molecule has 5 aliphatic carbocycles. The fourth-order valence-electron chi connectivity index (χ4n) is 11.3. The van der Waals surface area contributed by atoms with Crippen LogP contribution in [0.2, 0.25) is 0 Å². The van der Waals surface area contributed by atoms with Gasteiger partial charge in [0.15, 0.2) is 0 Å².